The third-order valence-electron chi connectivity index (χ3n) is 5.93. The lowest BCUT2D eigenvalue weighted by atomic mass is 10.0. The molecule has 0 bridgehead atoms. The van der Waals surface area contributed by atoms with E-state index < -0.39 is 34.2 Å². The van der Waals surface area contributed by atoms with Crippen LogP contribution in [0.4, 0.5) is 5.13 Å². The number of hydrogen-bond acceptors (Lipinski definition) is 12. The van der Waals surface area contributed by atoms with Crippen LogP contribution in [0.5, 0.6) is 5.75 Å². The second-order valence-corrected chi connectivity index (χ2v) is 11.1. The van der Waals surface area contributed by atoms with Crippen molar-refractivity contribution in [1.29, 1.82) is 0 Å². The van der Waals surface area contributed by atoms with Crippen molar-refractivity contribution < 1.29 is 32.1 Å². The van der Waals surface area contributed by atoms with Crippen LogP contribution < -0.4 is 21.5 Å². The highest BCUT2D eigenvalue weighted by molar-refractivity contribution is 7.84. The van der Waals surface area contributed by atoms with Crippen LogP contribution >= 0.6 is 11.3 Å². The molecule has 0 saturated carbocycles. The van der Waals surface area contributed by atoms with Gasteiger partial charge in [-0.1, -0.05) is 29.9 Å². The van der Waals surface area contributed by atoms with E-state index in [0.29, 0.717) is 12.3 Å². The number of oxime groups is 1. The van der Waals surface area contributed by atoms with Gasteiger partial charge in [-0.25, -0.2) is 9.29 Å². The summed E-state index contributed by atoms with van der Waals surface area (Å²) in [4.78, 5) is 36.4. The number of hydrogen-bond donors (Lipinski definition) is 4. The van der Waals surface area contributed by atoms with Crippen LogP contribution in [0.2, 0.25) is 0 Å². The highest BCUT2D eigenvalue weighted by Crippen LogP contribution is 2.23. The van der Waals surface area contributed by atoms with Gasteiger partial charge < -0.3 is 31.3 Å². The Bertz CT molecular complexity index is 1410. The third-order valence-corrected chi connectivity index (χ3v) is 7.62. The zero-order chi connectivity index (χ0) is 30.2. The number of nitrogen functional groups attached to an aromatic ring is 1. The molecule has 16 heteroatoms. The predicted molar refractivity (Wildman–Crippen MR) is 155 cm³/mol. The lowest BCUT2D eigenvalue weighted by molar-refractivity contribution is -0.143. The molecule has 1 aromatic heterocycles. The Morgan fingerprint density at radius 2 is 2.05 bits per heavy atom. The second-order valence-electron chi connectivity index (χ2n) is 8.93. The van der Waals surface area contributed by atoms with E-state index in [0.717, 1.165) is 35.4 Å². The average molecular weight is 608 g/mol. The first-order valence-electron chi connectivity index (χ1n) is 12.5. The molecule has 1 aliphatic heterocycles. The third kappa shape index (κ3) is 8.26. The van der Waals surface area contributed by atoms with Gasteiger partial charge in [-0.05, 0) is 43.2 Å². The fourth-order valence-electron chi connectivity index (χ4n) is 3.85. The van der Waals surface area contributed by atoms with Gasteiger partial charge in [0, 0.05) is 25.2 Å². The van der Waals surface area contributed by atoms with E-state index in [4.69, 9.17) is 25.6 Å². The molecule has 1 saturated heterocycles. The monoisotopic (exact) mass is 607 g/mol. The largest absolute Gasteiger partial charge is 0.490 e. The van der Waals surface area contributed by atoms with Gasteiger partial charge in [0.1, 0.15) is 24.1 Å². The molecule has 2 atom stereocenters. The SMILES string of the molecule is C=C/C(=C\N(C)CCCN)c1ccc(OCCO/N=C(\C(=O)N[C@@H]2C(=O)N(S(=O)(=O)O)[C@@H]2C)c2csc(N)n2)cc1. The molecule has 0 spiro atoms. The number of nitrogens with zero attached hydrogens (tertiary/aromatic N) is 4. The number of carbonyl (C=O) groups is 2. The first kappa shape index (κ1) is 31.5. The van der Waals surface area contributed by atoms with Crippen molar-refractivity contribution in [3.8, 4) is 5.75 Å². The Balaban J connectivity index is 1.58. The lowest BCUT2D eigenvalue weighted by Gasteiger charge is -2.42. The number of nitrogens with one attached hydrogen (secondary N) is 1. The topological polar surface area (TPSA) is 203 Å². The van der Waals surface area contributed by atoms with E-state index in [1.807, 2.05) is 25.4 Å². The highest BCUT2D eigenvalue weighted by atomic mass is 32.2. The van der Waals surface area contributed by atoms with Crippen LogP contribution in [-0.2, 0) is 24.7 Å². The molecule has 41 heavy (non-hydrogen) atoms. The maximum absolute atomic E-state index is 12.9. The van der Waals surface area contributed by atoms with Crippen molar-refractivity contribution in [3.63, 3.8) is 0 Å². The number of carbonyl (C=O) groups excluding carboxylic acids is 2. The molecule has 14 nitrogen and oxygen atoms in total. The summed E-state index contributed by atoms with van der Waals surface area (Å²) in [5.41, 5.74) is 13.0. The van der Waals surface area contributed by atoms with E-state index in [2.05, 4.69) is 26.9 Å². The Morgan fingerprint density at radius 1 is 1.34 bits per heavy atom. The second kappa shape index (κ2) is 14.1. The molecular formula is C25H33N7O7S2. The van der Waals surface area contributed by atoms with Crippen LogP contribution in [0.3, 0.4) is 0 Å². The fourth-order valence-corrected chi connectivity index (χ4v) is 5.28. The van der Waals surface area contributed by atoms with Crippen LogP contribution in [0.1, 0.15) is 24.6 Å². The summed E-state index contributed by atoms with van der Waals surface area (Å²) >= 11 is 1.07. The minimum atomic E-state index is -4.74. The van der Waals surface area contributed by atoms with E-state index in [9.17, 15) is 18.0 Å². The summed E-state index contributed by atoms with van der Waals surface area (Å²) in [6.45, 7) is 6.77. The van der Waals surface area contributed by atoms with Crippen molar-refractivity contribution >= 4 is 49.9 Å². The van der Waals surface area contributed by atoms with Crippen LogP contribution in [0, 0.1) is 0 Å². The van der Waals surface area contributed by atoms with Gasteiger partial charge in [-0.3, -0.25) is 14.1 Å². The van der Waals surface area contributed by atoms with E-state index in [1.165, 1.54) is 12.3 Å². The Hall–Kier alpha value is -3.99. The summed E-state index contributed by atoms with van der Waals surface area (Å²) < 4.78 is 37.8. The van der Waals surface area contributed by atoms with Crippen LogP contribution in [0.25, 0.3) is 5.57 Å². The number of anilines is 1. The quantitative estimate of drug-likeness (QED) is 0.0558. The molecule has 2 amide bonds. The number of amides is 2. The summed E-state index contributed by atoms with van der Waals surface area (Å²) in [6.07, 6.45) is 4.66. The Labute approximate surface area is 242 Å². The summed E-state index contributed by atoms with van der Waals surface area (Å²) in [5.74, 6) is -1.24. The molecule has 3 rings (SSSR count). The average Bonchev–Trinajstić information content (AvgIpc) is 3.36. The first-order chi connectivity index (χ1) is 19.5. The summed E-state index contributed by atoms with van der Waals surface area (Å²) in [6, 6.07) is 5.22. The van der Waals surface area contributed by atoms with Gasteiger partial charge in [0.15, 0.2) is 17.5 Å². The van der Waals surface area contributed by atoms with Gasteiger partial charge in [0.05, 0.1) is 6.04 Å². The molecule has 1 aliphatic rings. The zero-order valence-electron chi connectivity index (χ0n) is 22.6. The van der Waals surface area contributed by atoms with Crippen molar-refractivity contribution in [2.45, 2.75) is 25.4 Å². The standard InChI is InChI=1S/C25H33N7O7S2/c1-4-17(14-31(3)11-5-10-26)18-6-8-19(9-7-18)38-12-13-39-30-22(20-15-40-25(27)28-20)23(33)29-21-16(2)32(24(21)34)41(35,36)37/h4,6-9,14-16,21H,1,5,10-13,26H2,2-3H3,(H2,27,28)(H,29,33)(H,35,36,37)/b17-14+,30-22-/t16-,21+/m1/s1. The molecule has 222 valence electrons. The number of β-lactam (4-membered cyclic amide) rings is 1. The fraction of sp³-hybridized carbons (Fsp3) is 0.360. The van der Waals surface area contributed by atoms with E-state index in [-0.39, 0.29) is 34.1 Å². The molecular weight excluding hydrogens is 574 g/mol. The minimum Gasteiger partial charge on any atom is -0.490 e. The van der Waals surface area contributed by atoms with Crippen LogP contribution in [0.15, 0.2) is 53.7 Å². The summed E-state index contributed by atoms with van der Waals surface area (Å²) in [7, 11) is -2.76. The number of aromatic nitrogens is 1. The van der Waals surface area contributed by atoms with E-state index in [1.54, 1.807) is 18.2 Å². The molecule has 1 fully saturated rings. The molecule has 0 radical (unpaired) electrons. The normalized spacial score (nSPS) is 17.6. The van der Waals surface area contributed by atoms with Gasteiger partial charge in [-0.2, -0.15) is 8.42 Å². The Kier molecular flexibility index (Phi) is 10.8. The Morgan fingerprint density at radius 3 is 2.61 bits per heavy atom. The number of allylic oxidation sites excluding steroid dienone is 2. The maximum Gasteiger partial charge on any atom is 0.362 e. The van der Waals surface area contributed by atoms with Gasteiger partial charge >= 0.3 is 10.3 Å². The van der Waals surface area contributed by atoms with Crippen molar-refractivity contribution in [3.05, 3.63) is 59.8 Å². The molecule has 2 aromatic rings. The van der Waals surface area contributed by atoms with Gasteiger partial charge in [0.25, 0.3) is 11.8 Å². The molecule has 1 aromatic carbocycles. The predicted octanol–water partition coefficient (Wildman–Crippen LogP) is 0.851. The first-order valence-corrected chi connectivity index (χ1v) is 14.7. The van der Waals surface area contributed by atoms with Crippen molar-refractivity contribution in [2.24, 2.45) is 10.9 Å². The minimum absolute atomic E-state index is 0.0306. The maximum atomic E-state index is 12.9. The zero-order valence-corrected chi connectivity index (χ0v) is 24.2. The molecule has 6 N–H and O–H groups in total. The van der Waals surface area contributed by atoms with Crippen molar-refractivity contribution in [2.75, 3.05) is 39.1 Å². The van der Waals surface area contributed by atoms with Gasteiger partial charge in [0.2, 0.25) is 0 Å². The number of benzene rings is 1. The van der Waals surface area contributed by atoms with Gasteiger partial charge in [-0.15, -0.1) is 11.3 Å². The van der Waals surface area contributed by atoms with Crippen molar-refractivity contribution in [1.82, 2.24) is 19.5 Å². The van der Waals surface area contributed by atoms with E-state index >= 15 is 0 Å². The van der Waals surface area contributed by atoms with Crippen LogP contribution in [-0.4, -0.2) is 90.1 Å². The molecule has 2 heterocycles. The number of rotatable bonds is 15. The highest BCUT2D eigenvalue weighted by Gasteiger charge is 2.51. The number of nitrogens with two attached hydrogens (primary N) is 2. The smallest absolute Gasteiger partial charge is 0.362 e. The number of ether oxygens (including phenoxy) is 1. The number of thiazole rings is 1. The molecule has 0 unspecified atom stereocenters. The molecule has 0 aliphatic carbocycles. The lowest BCUT2D eigenvalue weighted by Crippen LogP contribution is -2.71. The summed E-state index contributed by atoms with van der Waals surface area (Å²) in [5, 5.41) is 7.90.